The van der Waals surface area contributed by atoms with E-state index in [0.717, 1.165) is 37.2 Å². The molecule has 150 valence electrons. The molecule has 0 unspecified atom stereocenters. The predicted molar refractivity (Wildman–Crippen MR) is 104 cm³/mol. The van der Waals surface area contributed by atoms with Gasteiger partial charge in [0.2, 0.25) is 0 Å². The molecule has 0 aliphatic heterocycles. The van der Waals surface area contributed by atoms with Crippen LogP contribution in [0, 0.1) is 0 Å². The molecule has 0 radical (unpaired) electrons. The molecular weight excluding hydrogens is 368 g/mol. The highest BCUT2D eigenvalue weighted by Crippen LogP contribution is 2.24. The summed E-state index contributed by atoms with van der Waals surface area (Å²) in [7, 11) is 0. The number of nitrogens with one attached hydrogen (secondary N) is 2. The number of hydrogen-bond donors (Lipinski definition) is 3. The Balaban J connectivity index is 1.99. The number of rotatable bonds is 5. The van der Waals surface area contributed by atoms with Crippen LogP contribution in [0.5, 0.6) is 0 Å². The first-order valence-electron chi connectivity index (χ1n) is 9.17. The number of anilines is 1. The lowest BCUT2D eigenvalue weighted by molar-refractivity contribution is -0.130. The maximum atomic E-state index is 12.4. The van der Waals surface area contributed by atoms with Crippen LogP contribution in [0.3, 0.4) is 0 Å². The van der Waals surface area contributed by atoms with E-state index >= 15 is 0 Å². The zero-order chi connectivity index (χ0) is 20.2. The van der Waals surface area contributed by atoms with Crippen LogP contribution in [0.25, 0.3) is 0 Å². The third-order valence-corrected chi connectivity index (χ3v) is 5.06. The number of amides is 2. The van der Waals surface area contributed by atoms with Crippen molar-refractivity contribution in [3.63, 3.8) is 0 Å². The van der Waals surface area contributed by atoms with Crippen LogP contribution in [-0.4, -0.2) is 39.8 Å². The van der Waals surface area contributed by atoms with Crippen molar-refractivity contribution in [3.8, 4) is 0 Å². The molecule has 1 atom stereocenters. The highest BCUT2D eigenvalue weighted by Gasteiger charge is 2.28. The summed E-state index contributed by atoms with van der Waals surface area (Å²) in [4.78, 5) is 36.8. The molecule has 0 bridgehead atoms. The monoisotopic (exact) mass is 396 g/mol. The summed E-state index contributed by atoms with van der Waals surface area (Å²) in [5, 5.41) is 5.66. The first-order chi connectivity index (χ1) is 12.6. The SMILES string of the molecule is C[C@H](OC(=O)c1snc(C(=O)NC2CCCCC2)c1N)C(=O)NC(C)(C)C. The molecule has 4 N–H and O–H groups in total. The van der Waals surface area contributed by atoms with Gasteiger partial charge in [0.15, 0.2) is 16.7 Å². The van der Waals surface area contributed by atoms with E-state index in [-0.39, 0.29) is 28.2 Å². The lowest BCUT2D eigenvalue weighted by atomic mass is 9.95. The van der Waals surface area contributed by atoms with Gasteiger partial charge in [-0.15, -0.1) is 0 Å². The highest BCUT2D eigenvalue weighted by molar-refractivity contribution is 7.08. The summed E-state index contributed by atoms with van der Waals surface area (Å²) < 4.78 is 9.19. The van der Waals surface area contributed by atoms with Crippen molar-refractivity contribution < 1.29 is 19.1 Å². The van der Waals surface area contributed by atoms with Gasteiger partial charge in [0, 0.05) is 11.6 Å². The first-order valence-corrected chi connectivity index (χ1v) is 9.95. The molecule has 2 rings (SSSR count). The molecule has 1 aromatic rings. The van der Waals surface area contributed by atoms with Gasteiger partial charge in [-0.05, 0) is 52.1 Å². The summed E-state index contributed by atoms with van der Waals surface area (Å²) in [5.74, 6) is -1.55. The Morgan fingerprint density at radius 2 is 1.85 bits per heavy atom. The number of esters is 1. The van der Waals surface area contributed by atoms with Crippen molar-refractivity contribution in [2.45, 2.75) is 77.5 Å². The van der Waals surface area contributed by atoms with Crippen molar-refractivity contribution in [3.05, 3.63) is 10.6 Å². The van der Waals surface area contributed by atoms with E-state index in [9.17, 15) is 14.4 Å². The molecule has 1 fully saturated rings. The van der Waals surface area contributed by atoms with E-state index in [1.54, 1.807) is 0 Å². The van der Waals surface area contributed by atoms with Crippen LogP contribution in [0.15, 0.2) is 0 Å². The smallest absolute Gasteiger partial charge is 0.352 e. The Labute approximate surface area is 163 Å². The normalized spacial score (nSPS) is 16.4. The average molecular weight is 397 g/mol. The number of nitrogen functional groups attached to an aromatic ring is 1. The lowest BCUT2D eigenvalue weighted by Gasteiger charge is -2.23. The minimum absolute atomic E-state index is 0.0123. The van der Waals surface area contributed by atoms with E-state index in [2.05, 4.69) is 15.0 Å². The van der Waals surface area contributed by atoms with Gasteiger partial charge in [-0.1, -0.05) is 19.3 Å². The van der Waals surface area contributed by atoms with Gasteiger partial charge >= 0.3 is 5.97 Å². The van der Waals surface area contributed by atoms with Gasteiger partial charge in [-0.25, -0.2) is 4.79 Å². The number of hydrogen-bond acceptors (Lipinski definition) is 7. The van der Waals surface area contributed by atoms with Gasteiger partial charge in [0.05, 0.1) is 5.69 Å². The zero-order valence-corrected chi connectivity index (χ0v) is 17.1. The van der Waals surface area contributed by atoms with Gasteiger partial charge in [-0.2, -0.15) is 4.37 Å². The Morgan fingerprint density at radius 3 is 2.44 bits per heavy atom. The number of ether oxygens (including phenoxy) is 1. The maximum Gasteiger partial charge on any atom is 0.352 e. The molecule has 1 aromatic heterocycles. The third kappa shape index (κ3) is 5.92. The molecule has 0 spiro atoms. The van der Waals surface area contributed by atoms with Gasteiger partial charge < -0.3 is 21.1 Å². The summed E-state index contributed by atoms with van der Waals surface area (Å²) in [6.07, 6.45) is 4.24. The van der Waals surface area contributed by atoms with Gasteiger partial charge in [0.25, 0.3) is 11.8 Å². The molecule has 8 nitrogen and oxygen atoms in total. The fraction of sp³-hybridized carbons (Fsp3) is 0.667. The summed E-state index contributed by atoms with van der Waals surface area (Å²) >= 11 is 0.799. The molecule has 1 heterocycles. The van der Waals surface area contributed by atoms with Crippen LogP contribution in [0.4, 0.5) is 5.69 Å². The van der Waals surface area contributed by atoms with E-state index in [1.807, 2.05) is 20.8 Å². The molecule has 1 saturated carbocycles. The largest absolute Gasteiger partial charge is 0.448 e. The Kier molecular flexibility index (Phi) is 6.80. The molecule has 0 aromatic carbocycles. The van der Waals surface area contributed by atoms with Crippen molar-refractivity contribution >= 4 is 35.0 Å². The quantitative estimate of drug-likeness (QED) is 0.656. The maximum absolute atomic E-state index is 12.4. The summed E-state index contributed by atoms with van der Waals surface area (Å²) in [5.41, 5.74) is 5.53. The van der Waals surface area contributed by atoms with E-state index in [4.69, 9.17) is 10.5 Å². The van der Waals surface area contributed by atoms with E-state index in [1.165, 1.54) is 13.3 Å². The number of nitrogens with two attached hydrogens (primary N) is 1. The summed E-state index contributed by atoms with van der Waals surface area (Å²) in [6.45, 7) is 6.97. The molecular formula is C18H28N4O4S. The first kappa shape index (κ1) is 21.1. The third-order valence-electron chi connectivity index (χ3n) is 4.22. The molecule has 1 aliphatic rings. The second kappa shape index (κ2) is 8.69. The Morgan fingerprint density at radius 1 is 1.22 bits per heavy atom. The van der Waals surface area contributed by atoms with E-state index in [0.29, 0.717) is 0 Å². The molecule has 2 amide bonds. The van der Waals surface area contributed by atoms with Crippen molar-refractivity contribution in [2.24, 2.45) is 0 Å². The number of aromatic nitrogens is 1. The second-order valence-electron chi connectivity index (χ2n) is 7.87. The topological polar surface area (TPSA) is 123 Å². The van der Waals surface area contributed by atoms with Crippen LogP contribution in [0.2, 0.25) is 0 Å². The van der Waals surface area contributed by atoms with Crippen LogP contribution in [0.1, 0.15) is 80.0 Å². The molecule has 27 heavy (non-hydrogen) atoms. The Hall–Kier alpha value is -2.16. The number of carbonyl (C=O) groups is 3. The standard InChI is InChI=1S/C18H28N4O4S/c1-10(15(23)21-18(2,3)4)26-17(25)14-12(19)13(22-27-14)16(24)20-11-8-6-5-7-9-11/h10-11H,5-9,19H2,1-4H3,(H,20,24)(H,21,23)/t10-/m0/s1. The molecule has 0 saturated heterocycles. The minimum Gasteiger partial charge on any atom is -0.448 e. The predicted octanol–water partition coefficient (Wildman–Crippen LogP) is 2.25. The van der Waals surface area contributed by atoms with E-state index < -0.39 is 23.5 Å². The van der Waals surface area contributed by atoms with Crippen LogP contribution >= 0.6 is 11.5 Å². The molecule has 1 aliphatic carbocycles. The lowest BCUT2D eigenvalue weighted by Crippen LogP contribution is -2.46. The highest BCUT2D eigenvalue weighted by atomic mass is 32.1. The van der Waals surface area contributed by atoms with Gasteiger partial charge in [-0.3, -0.25) is 9.59 Å². The van der Waals surface area contributed by atoms with Crippen molar-refractivity contribution in [1.29, 1.82) is 0 Å². The Bertz CT molecular complexity index is 705. The van der Waals surface area contributed by atoms with Crippen LogP contribution in [-0.2, 0) is 9.53 Å². The average Bonchev–Trinajstić information content (AvgIpc) is 2.96. The van der Waals surface area contributed by atoms with Crippen LogP contribution < -0.4 is 16.4 Å². The number of nitrogens with zero attached hydrogens (tertiary/aromatic N) is 1. The minimum atomic E-state index is -0.988. The van der Waals surface area contributed by atoms with Gasteiger partial charge in [0.1, 0.15) is 0 Å². The molecule has 9 heteroatoms. The van der Waals surface area contributed by atoms with Crippen molar-refractivity contribution in [1.82, 2.24) is 15.0 Å². The zero-order valence-electron chi connectivity index (χ0n) is 16.3. The second-order valence-corrected chi connectivity index (χ2v) is 8.64. The fourth-order valence-electron chi connectivity index (χ4n) is 2.85. The number of carbonyl (C=O) groups excluding carboxylic acids is 3. The summed E-state index contributed by atoms with van der Waals surface area (Å²) in [6, 6.07) is 0.115. The van der Waals surface area contributed by atoms with Crippen molar-refractivity contribution in [2.75, 3.05) is 5.73 Å². The fourth-order valence-corrected chi connectivity index (χ4v) is 3.53.